The van der Waals surface area contributed by atoms with Crippen LogP contribution in [0.4, 0.5) is 0 Å². The minimum absolute atomic E-state index is 0.225. The minimum Gasteiger partial charge on any atom is -0.494 e. The van der Waals surface area contributed by atoms with Crippen molar-refractivity contribution in [2.45, 2.75) is 25.1 Å². The Kier molecular flexibility index (Phi) is 5.68. The third-order valence-corrected chi connectivity index (χ3v) is 7.31. The molecule has 0 aliphatic heterocycles. The summed E-state index contributed by atoms with van der Waals surface area (Å²) in [5.41, 5.74) is 2.08. The Morgan fingerprint density at radius 2 is 2.10 bits per heavy atom. The second-order valence-corrected chi connectivity index (χ2v) is 9.67. The highest BCUT2D eigenvalue weighted by Crippen LogP contribution is 2.33. The molecule has 9 heteroatoms. The highest BCUT2D eigenvalue weighted by atomic mass is 35.5. The number of hydrogen-bond acceptors (Lipinski definition) is 4. The molecule has 1 aromatic carbocycles. The summed E-state index contributed by atoms with van der Waals surface area (Å²) in [4.78, 5) is 11.3. The minimum atomic E-state index is -3.65. The van der Waals surface area contributed by atoms with Crippen LogP contribution in [0.25, 0.3) is 22.0 Å². The van der Waals surface area contributed by atoms with Crippen LogP contribution in [0.15, 0.2) is 66.8 Å². The van der Waals surface area contributed by atoms with Crippen molar-refractivity contribution in [3.63, 3.8) is 0 Å². The van der Waals surface area contributed by atoms with Gasteiger partial charge in [0.05, 0.1) is 12.1 Å². The maximum absolute atomic E-state index is 13.1. The van der Waals surface area contributed by atoms with E-state index in [-0.39, 0.29) is 6.54 Å². The number of aliphatic carboxylic acids is 1. The van der Waals surface area contributed by atoms with Crippen LogP contribution in [-0.4, -0.2) is 39.9 Å². The van der Waals surface area contributed by atoms with E-state index >= 15 is 0 Å². The summed E-state index contributed by atoms with van der Waals surface area (Å²) in [7, 11) is -3.65. The topological polar surface area (TPSA) is 90.5 Å². The first kappa shape index (κ1) is 21.3. The smallest absolute Gasteiger partial charge is 0.323 e. The van der Waals surface area contributed by atoms with Crippen molar-refractivity contribution >= 4 is 38.5 Å². The van der Waals surface area contributed by atoms with E-state index in [0.717, 1.165) is 10.9 Å². The van der Waals surface area contributed by atoms with Gasteiger partial charge in [0.15, 0.2) is 0 Å². The second-order valence-electron chi connectivity index (χ2n) is 7.17. The molecule has 2 aromatic heterocycles. The summed E-state index contributed by atoms with van der Waals surface area (Å²) in [5, 5.41) is 9.82. The number of hydrogen-bond donors (Lipinski definition) is 1. The highest BCUT2D eigenvalue weighted by molar-refractivity contribution is 7.90. The molecule has 0 fully saturated rings. The maximum atomic E-state index is 13.1. The number of rotatable bonds is 7. The third-order valence-electron chi connectivity index (χ3n) is 5.14. The zero-order valence-electron chi connectivity index (χ0n) is 16.7. The second kappa shape index (κ2) is 8.28. The Hall–Kier alpha value is -2.97. The third kappa shape index (κ3) is 4.13. The average molecular weight is 461 g/mol. The number of benzene rings is 1. The predicted octanol–water partition coefficient (Wildman–Crippen LogP) is 4.27. The summed E-state index contributed by atoms with van der Waals surface area (Å²) < 4.78 is 34.4. The summed E-state index contributed by atoms with van der Waals surface area (Å²) in [5.74, 6) is -0.306. The molecule has 3 aromatic rings. The quantitative estimate of drug-likeness (QED) is 0.568. The number of carboxylic acids is 1. The van der Waals surface area contributed by atoms with E-state index in [1.807, 2.05) is 6.92 Å². The molecule has 1 atom stereocenters. The molecule has 1 unspecified atom stereocenters. The van der Waals surface area contributed by atoms with Crippen molar-refractivity contribution in [3.05, 3.63) is 71.9 Å². The fourth-order valence-electron chi connectivity index (χ4n) is 3.70. The Morgan fingerprint density at radius 1 is 1.29 bits per heavy atom. The average Bonchev–Trinajstić information content (AvgIpc) is 3.34. The van der Waals surface area contributed by atoms with E-state index in [0.29, 0.717) is 34.9 Å². The zero-order valence-corrected chi connectivity index (χ0v) is 18.3. The first-order valence-corrected chi connectivity index (χ1v) is 11.6. The van der Waals surface area contributed by atoms with Crippen LogP contribution in [-0.2, 0) is 26.1 Å². The first-order chi connectivity index (χ1) is 14.8. The summed E-state index contributed by atoms with van der Waals surface area (Å²) in [6, 6.07) is 6.94. The normalized spacial score (nSPS) is 16.5. The molecule has 2 heterocycles. The van der Waals surface area contributed by atoms with Gasteiger partial charge in [0.1, 0.15) is 17.6 Å². The van der Waals surface area contributed by atoms with Crippen molar-refractivity contribution in [2.75, 3.05) is 6.61 Å². The molecule has 1 aliphatic carbocycles. The molecular formula is C22H21ClN2O5S. The molecule has 4 rings (SSSR count). The monoisotopic (exact) mass is 460 g/mol. The lowest BCUT2D eigenvalue weighted by atomic mass is 10.1. The van der Waals surface area contributed by atoms with E-state index in [9.17, 15) is 18.3 Å². The lowest BCUT2D eigenvalue weighted by Gasteiger charge is -2.17. The van der Waals surface area contributed by atoms with Gasteiger partial charge in [-0.1, -0.05) is 23.7 Å². The molecule has 0 bridgehead atoms. The van der Waals surface area contributed by atoms with Gasteiger partial charge >= 0.3 is 5.97 Å². The molecule has 162 valence electrons. The van der Waals surface area contributed by atoms with Crippen molar-refractivity contribution in [3.8, 4) is 11.1 Å². The fourth-order valence-corrected chi connectivity index (χ4v) is 5.28. The number of nitrogens with zero attached hydrogens (tertiary/aromatic N) is 2. The Labute approximate surface area is 184 Å². The van der Waals surface area contributed by atoms with Gasteiger partial charge in [0.25, 0.3) is 0 Å². The number of carbonyl (C=O) groups is 1. The van der Waals surface area contributed by atoms with Gasteiger partial charge in [0, 0.05) is 40.1 Å². The van der Waals surface area contributed by atoms with Gasteiger partial charge < -0.3 is 14.4 Å². The van der Waals surface area contributed by atoms with Gasteiger partial charge in [-0.15, -0.1) is 0 Å². The Balaban J connectivity index is 1.69. The van der Waals surface area contributed by atoms with Crippen LogP contribution >= 0.6 is 11.6 Å². The van der Waals surface area contributed by atoms with Crippen molar-refractivity contribution < 1.29 is 23.1 Å². The lowest BCUT2D eigenvalue weighted by Crippen LogP contribution is -2.26. The fraction of sp³-hybridized carbons (Fsp3) is 0.227. The molecule has 31 heavy (non-hydrogen) atoms. The molecule has 0 saturated carbocycles. The molecule has 0 amide bonds. The standard InChI is InChI=1S/C22H21ClN2O5S/c1-2-30-17-4-6-18(7-5-17)31(28,29)25-10-9-15(12-25)20-13-24(14-22(26)27)21-11-16(23)3-8-19(20)21/h3-6,8-13,18H,2,7,14H2,1H3,(H,26,27). The van der Waals surface area contributed by atoms with E-state index < -0.39 is 21.2 Å². The Bertz CT molecular complexity index is 1320. The van der Waals surface area contributed by atoms with Gasteiger partial charge in [0.2, 0.25) is 10.0 Å². The van der Waals surface area contributed by atoms with Crippen LogP contribution in [0.2, 0.25) is 5.02 Å². The largest absolute Gasteiger partial charge is 0.494 e. The molecule has 0 saturated heterocycles. The molecule has 1 N–H and O–H groups in total. The highest BCUT2D eigenvalue weighted by Gasteiger charge is 2.26. The first-order valence-electron chi connectivity index (χ1n) is 9.73. The van der Waals surface area contributed by atoms with E-state index in [1.54, 1.807) is 59.5 Å². The van der Waals surface area contributed by atoms with Crippen LogP contribution in [0.3, 0.4) is 0 Å². The van der Waals surface area contributed by atoms with Crippen molar-refractivity contribution in [1.29, 1.82) is 0 Å². The molecule has 7 nitrogen and oxygen atoms in total. The molecule has 1 aliphatic rings. The zero-order chi connectivity index (χ0) is 22.2. The van der Waals surface area contributed by atoms with Gasteiger partial charge in [-0.3, -0.25) is 8.77 Å². The van der Waals surface area contributed by atoms with E-state index in [2.05, 4.69) is 0 Å². The number of ether oxygens (including phenoxy) is 1. The van der Waals surface area contributed by atoms with Crippen LogP contribution in [0.5, 0.6) is 0 Å². The van der Waals surface area contributed by atoms with Crippen molar-refractivity contribution in [1.82, 2.24) is 8.54 Å². The van der Waals surface area contributed by atoms with E-state index in [1.165, 1.54) is 10.2 Å². The van der Waals surface area contributed by atoms with Crippen LogP contribution < -0.4 is 0 Å². The number of halogens is 1. The van der Waals surface area contributed by atoms with Gasteiger partial charge in [-0.25, -0.2) is 8.42 Å². The number of allylic oxidation sites excluding steroid dienone is 2. The molecule has 0 spiro atoms. The van der Waals surface area contributed by atoms with Gasteiger partial charge in [-0.2, -0.15) is 0 Å². The summed E-state index contributed by atoms with van der Waals surface area (Å²) in [6.07, 6.45) is 10.2. The molecular weight excluding hydrogens is 440 g/mol. The van der Waals surface area contributed by atoms with Gasteiger partial charge in [-0.05, 0) is 43.7 Å². The van der Waals surface area contributed by atoms with Crippen LogP contribution in [0.1, 0.15) is 13.3 Å². The van der Waals surface area contributed by atoms with Crippen LogP contribution in [0, 0.1) is 0 Å². The number of carboxylic acid groups (broad SMARTS) is 1. The SMILES string of the molecule is CCOC1=CCC(S(=O)(=O)n2ccc(-c3cn(CC(=O)O)c4cc(Cl)ccc34)c2)C=C1. The summed E-state index contributed by atoms with van der Waals surface area (Å²) >= 11 is 6.10. The summed E-state index contributed by atoms with van der Waals surface area (Å²) in [6.45, 7) is 2.17. The maximum Gasteiger partial charge on any atom is 0.323 e. The molecule has 0 radical (unpaired) electrons. The number of fused-ring (bicyclic) bond motifs is 1. The lowest BCUT2D eigenvalue weighted by molar-refractivity contribution is -0.137. The predicted molar refractivity (Wildman–Crippen MR) is 120 cm³/mol. The number of aromatic nitrogens is 2. The van der Waals surface area contributed by atoms with E-state index in [4.69, 9.17) is 16.3 Å². The Morgan fingerprint density at radius 3 is 2.77 bits per heavy atom. The van der Waals surface area contributed by atoms with Crippen molar-refractivity contribution in [2.24, 2.45) is 0 Å².